The van der Waals surface area contributed by atoms with Gasteiger partial charge < -0.3 is 21.6 Å². The van der Waals surface area contributed by atoms with Crippen LogP contribution in [0.4, 0.5) is 0 Å². The van der Waals surface area contributed by atoms with Crippen molar-refractivity contribution in [1.82, 2.24) is 0 Å². The fraction of sp³-hybridized carbons (Fsp3) is 0.696. The number of phosphoric acid groups is 1. The van der Waals surface area contributed by atoms with Crippen LogP contribution in [0.1, 0.15) is 97.0 Å². The van der Waals surface area contributed by atoms with Gasteiger partial charge in [0.25, 0.3) is 0 Å². The molecule has 0 aliphatic heterocycles. The van der Waals surface area contributed by atoms with Crippen LogP contribution in [0.2, 0.25) is 0 Å². The first-order valence-electron chi connectivity index (χ1n) is 10.8. The zero-order valence-corrected chi connectivity index (χ0v) is 20.5. The molecule has 174 valence electrons. The number of hydrogen-bond donors (Lipinski definition) is 3. The summed E-state index contributed by atoms with van der Waals surface area (Å²) >= 11 is 0. The third-order valence-electron chi connectivity index (χ3n) is 4.40. The van der Waals surface area contributed by atoms with Gasteiger partial charge in [-0.2, -0.15) is 41.8 Å². The second-order valence-corrected chi connectivity index (χ2v) is 8.24. The van der Waals surface area contributed by atoms with Gasteiger partial charge in [-0.15, -0.1) is 0 Å². The van der Waals surface area contributed by atoms with Crippen molar-refractivity contribution in [1.29, 1.82) is 0 Å². The normalized spacial score (nSPS) is 11.3. The molecule has 1 rings (SSSR count). The van der Waals surface area contributed by atoms with Crippen LogP contribution in [0.3, 0.4) is 0 Å². The average molecular weight is 473 g/mol. The molecule has 1 aromatic rings. The molecule has 0 aliphatic carbocycles. The average Bonchev–Trinajstić information content (AvgIpc) is 2.65. The largest absolute Gasteiger partial charge is 2.00 e. The summed E-state index contributed by atoms with van der Waals surface area (Å²) in [7, 11) is -4.64. The maximum Gasteiger partial charge on any atom is 2.00 e. The summed E-state index contributed by atoms with van der Waals surface area (Å²) in [5.74, 6) is 0.704. The van der Waals surface area contributed by atoms with E-state index in [9.17, 15) is 0 Å². The molecule has 6 heteroatoms. The predicted octanol–water partition coefficient (Wildman–Crippen LogP) is 6.89. The predicted molar refractivity (Wildman–Crippen MR) is 120 cm³/mol. The Morgan fingerprint density at radius 2 is 1.34 bits per heavy atom. The second kappa shape index (κ2) is 24.1. The van der Waals surface area contributed by atoms with E-state index >= 15 is 0 Å². The Labute approximate surface area is 190 Å². The van der Waals surface area contributed by atoms with E-state index in [1.807, 2.05) is 12.1 Å². The Morgan fingerprint density at radius 1 is 0.897 bits per heavy atom. The molecule has 1 aromatic carbocycles. The van der Waals surface area contributed by atoms with E-state index in [4.69, 9.17) is 19.2 Å². The first-order valence-corrected chi connectivity index (χ1v) is 12.4. The van der Waals surface area contributed by atoms with Crippen LogP contribution in [-0.2, 0) is 27.5 Å². The molecule has 0 bridgehead atoms. The van der Waals surface area contributed by atoms with Crippen LogP contribution >= 0.6 is 7.82 Å². The Hall–Kier alpha value is -0.176. The number of benzene rings is 1. The molecule has 0 amide bonds. The van der Waals surface area contributed by atoms with Crippen LogP contribution < -0.4 is 0 Å². The number of unbranched alkanes of at least 4 members (excludes halogenated alkanes) is 7. The van der Waals surface area contributed by atoms with Crippen LogP contribution in [0.25, 0.3) is 0 Å². The second-order valence-electron chi connectivity index (χ2n) is 7.21. The first kappa shape index (κ1) is 33.5. The van der Waals surface area contributed by atoms with Crippen molar-refractivity contribution < 1.29 is 35.7 Å². The van der Waals surface area contributed by atoms with Crippen LogP contribution in [0.15, 0.2) is 24.3 Å². The molecule has 1 atom stereocenters. The molecule has 0 radical (unpaired) electrons. The molecular formula is C23H43NiO4P. The number of aryl methyl sites for hydroxylation is 1. The van der Waals surface area contributed by atoms with E-state index in [2.05, 4.69) is 45.9 Å². The van der Waals surface area contributed by atoms with Gasteiger partial charge in [-0.25, -0.2) is 4.57 Å². The molecule has 0 aromatic heterocycles. The minimum atomic E-state index is -4.64. The van der Waals surface area contributed by atoms with Crippen LogP contribution in [0.5, 0.6) is 0 Å². The fourth-order valence-electron chi connectivity index (χ4n) is 2.57. The SMILES string of the molecule is CCCCCCCCCc1cc[c-]cc1.O=P(O)(O)O.[CH2-]C(CC)CCCC.[Ni+2]. The summed E-state index contributed by atoms with van der Waals surface area (Å²) in [4.78, 5) is 21.6. The van der Waals surface area contributed by atoms with Gasteiger partial charge in [0.1, 0.15) is 0 Å². The molecule has 0 fully saturated rings. The van der Waals surface area contributed by atoms with Crippen molar-refractivity contribution in [3.05, 3.63) is 42.8 Å². The topological polar surface area (TPSA) is 77.8 Å². The number of hydrogen-bond acceptors (Lipinski definition) is 1. The molecule has 3 N–H and O–H groups in total. The third-order valence-corrected chi connectivity index (χ3v) is 4.40. The Bertz CT molecular complexity index is 457. The van der Waals surface area contributed by atoms with Crippen molar-refractivity contribution in [2.75, 3.05) is 0 Å². The van der Waals surface area contributed by atoms with Crippen LogP contribution in [0, 0.1) is 18.9 Å². The molecule has 4 nitrogen and oxygen atoms in total. The Kier molecular flexibility index (Phi) is 27.8. The molecular weight excluding hydrogens is 430 g/mol. The van der Waals surface area contributed by atoms with Gasteiger partial charge in [0.2, 0.25) is 0 Å². The Morgan fingerprint density at radius 3 is 1.79 bits per heavy atom. The van der Waals surface area contributed by atoms with Crippen molar-refractivity contribution in [3.63, 3.8) is 0 Å². The Balaban J connectivity index is -0.000000409. The van der Waals surface area contributed by atoms with E-state index in [0.29, 0.717) is 5.92 Å². The monoisotopic (exact) mass is 472 g/mol. The molecule has 0 heterocycles. The van der Waals surface area contributed by atoms with Crippen molar-refractivity contribution in [2.24, 2.45) is 5.92 Å². The van der Waals surface area contributed by atoms with Gasteiger partial charge in [0.05, 0.1) is 0 Å². The molecule has 29 heavy (non-hydrogen) atoms. The maximum absolute atomic E-state index is 8.88. The number of rotatable bonds is 12. The third kappa shape index (κ3) is 35.6. The molecule has 0 aliphatic rings. The van der Waals surface area contributed by atoms with Crippen molar-refractivity contribution in [2.45, 2.75) is 97.8 Å². The molecule has 1 unspecified atom stereocenters. The minimum Gasteiger partial charge on any atom is -0.340 e. The van der Waals surface area contributed by atoms with Gasteiger partial charge in [0.15, 0.2) is 0 Å². The van der Waals surface area contributed by atoms with Gasteiger partial charge in [-0.3, -0.25) is 0 Å². The summed E-state index contributed by atoms with van der Waals surface area (Å²) in [6, 6.07) is 11.4. The van der Waals surface area contributed by atoms with Gasteiger partial charge in [0, 0.05) is 0 Å². The molecule has 0 saturated carbocycles. The summed E-state index contributed by atoms with van der Waals surface area (Å²) in [6.45, 7) is 10.7. The first-order chi connectivity index (χ1) is 13.2. The fourth-order valence-corrected chi connectivity index (χ4v) is 2.57. The summed E-state index contributed by atoms with van der Waals surface area (Å²) in [6.07, 6.45) is 16.2. The van der Waals surface area contributed by atoms with Crippen molar-refractivity contribution >= 4 is 7.82 Å². The molecule has 0 saturated heterocycles. The van der Waals surface area contributed by atoms with E-state index in [-0.39, 0.29) is 16.5 Å². The summed E-state index contributed by atoms with van der Waals surface area (Å²) in [5, 5.41) is 0. The van der Waals surface area contributed by atoms with Gasteiger partial charge in [-0.1, -0.05) is 97.8 Å². The summed E-state index contributed by atoms with van der Waals surface area (Å²) in [5.41, 5.74) is 1.46. The van der Waals surface area contributed by atoms with E-state index in [1.54, 1.807) is 0 Å². The zero-order valence-electron chi connectivity index (χ0n) is 18.6. The van der Waals surface area contributed by atoms with Gasteiger partial charge >= 0.3 is 24.3 Å². The quantitative estimate of drug-likeness (QED) is 0.134. The van der Waals surface area contributed by atoms with E-state index < -0.39 is 7.82 Å². The van der Waals surface area contributed by atoms with E-state index in [0.717, 1.165) is 0 Å². The maximum atomic E-state index is 8.88. The summed E-state index contributed by atoms with van der Waals surface area (Å²) < 4.78 is 8.88. The van der Waals surface area contributed by atoms with Crippen LogP contribution in [-0.4, -0.2) is 14.7 Å². The van der Waals surface area contributed by atoms with Gasteiger partial charge in [-0.05, 0) is 0 Å². The van der Waals surface area contributed by atoms with Crippen molar-refractivity contribution in [3.8, 4) is 0 Å². The smallest absolute Gasteiger partial charge is 0.340 e. The van der Waals surface area contributed by atoms with E-state index in [1.165, 1.54) is 82.6 Å². The minimum absolute atomic E-state index is 0. The zero-order chi connectivity index (χ0) is 21.7. The standard InChI is InChI=1S/C15H23.C8H17.Ni.H3O4P/c1-2-3-4-5-6-7-9-12-15-13-10-8-11-14-15;1-4-6-7-8(3)5-2;;1-5(2,3)4/h10-11,13-14H,2-7,9,12H2,1H3;8H,3-7H2,1-2H3;;(H3,1,2,3,4)/q2*-1;+2;. The molecule has 0 spiro atoms.